The second kappa shape index (κ2) is 10.9. The topological polar surface area (TPSA) is 86.2 Å². The Balaban J connectivity index is 1.98. The summed E-state index contributed by atoms with van der Waals surface area (Å²) in [6.07, 6.45) is 0.753. The fraction of sp³-hybridized carbons (Fsp3) is 0.364. The number of phenols is 1. The molecule has 0 unspecified atom stereocenters. The van der Waals surface area contributed by atoms with Crippen LogP contribution in [0.2, 0.25) is 0 Å². The maximum atomic E-state index is 12.1. The fourth-order valence-corrected chi connectivity index (χ4v) is 2.76. The number of rotatable bonds is 8. The van der Waals surface area contributed by atoms with E-state index in [-0.39, 0.29) is 11.7 Å². The number of benzene rings is 2. The minimum atomic E-state index is -0.00666. The molecule has 3 N–H and O–H groups in total. The number of nitrogens with one attached hydrogen (secondary N) is 2. The van der Waals surface area contributed by atoms with Gasteiger partial charge in [0.15, 0.2) is 5.96 Å². The van der Waals surface area contributed by atoms with Crippen LogP contribution in [-0.2, 0) is 13.0 Å². The third-order valence-corrected chi connectivity index (χ3v) is 4.32. The van der Waals surface area contributed by atoms with Crippen molar-refractivity contribution in [2.45, 2.75) is 19.9 Å². The van der Waals surface area contributed by atoms with Gasteiger partial charge in [-0.2, -0.15) is 0 Å². The second-order valence-electron chi connectivity index (χ2n) is 6.77. The first-order chi connectivity index (χ1) is 13.9. The number of carbonyl (C=O) groups excluding carboxylic acids is 1. The molecule has 29 heavy (non-hydrogen) atoms. The number of hydrogen-bond acceptors (Lipinski definition) is 4. The van der Waals surface area contributed by atoms with Crippen molar-refractivity contribution in [3.8, 4) is 11.5 Å². The first-order valence-corrected chi connectivity index (χ1v) is 9.63. The fourth-order valence-electron chi connectivity index (χ4n) is 2.76. The van der Waals surface area contributed by atoms with Gasteiger partial charge in [0.2, 0.25) is 0 Å². The largest absolute Gasteiger partial charge is 0.508 e. The lowest BCUT2D eigenvalue weighted by atomic mass is 10.1. The average Bonchev–Trinajstić information content (AvgIpc) is 2.72. The Hall–Kier alpha value is -3.22. The van der Waals surface area contributed by atoms with Crippen LogP contribution in [0.4, 0.5) is 0 Å². The first-order valence-electron chi connectivity index (χ1n) is 9.63. The molecule has 0 fully saturated rings. The maximum absolute atomic E-state index is 12.1. The number of guanidine groups is 1. The summed E-state index contributed by atoms with van der Waals surface area (Å²) in [6, 6.07) is 12.7. The van der Waals surface area contributed by atoms with E-state index >= 15 is 0 Å². The predicted molar refractivity (Wildman–Crippen MR) is 116 cm³/mol. The van der Waals surface area contributed by atoms with Crippen LogP contribution >= 0.6 is 0 Å². The zero-order valence-corrected chi connectivity index (χ0v) is 17.5. The van der Waals surface area contributed by atoms with Crippen LogP contribution in [0.1, 0.15) is 28.4 Å². The average molecular weight is 399 g/mol. The third-order valence-electron chi connectivity index (χ3n) is 4.32. The summed E-state index contributed by atoms with van der Waals surface area (Å²) < 4.78 is 5.20. The van der Waals surface area contributed by atoms with Gasteiger partial charge in [0, 0.05) is 38.3 Å². The predicted octanol–water partition coefficient (Wildman–Crippen LogP) is 2.40. The summed E-state index contributed by atoms with van der Waals surface area (Å²) in [5.74, 6) is 1.52. The van der Waals surface area contributed by atoms with E-state index in [0.29, 0.717) is 35.9 Å². The number of hydrogen-bond donors (Lipinski definition) is 3. The molecule has 0 saturated heterocycles. The number of amides is 1. The zero-order chi connectivity index (χ0) is 21.2. The Bertz CT molecular complexity index is 850. The third kappa shape index (κ3) is 6.71. The van der Waals surface area contributed by atoms with E-state index in [4.69, 9.17) is 4.74 Å². The summed E-state index contributed by atoms with van der Waals surface area (Å²) in [7, 11) is 5.08. The lowest BCUT2D eigenvalue weighted by molar-refractivity contribution is 0.0827. The summed E-state index contributed by atoms with van der Waals surface area (Å²) in [5, 5.41) is 16.5. The van der Waals surface area contributed by atoms with Crippen molar-refractivity contribution < 1.29 is 14.6 Å². The Morgan fingerprint density at radius 3 is 2.66 bits per heavy atom. The molecule has 2 rings (SSSR count). The van der Waals surface area contributed by atoms with E-state index in [2.05, 4.69) is 15.6 Å². The molecule has 0 saturated carbocycles. The molecule has 0 aliphatic carbocycles. The second-order valence-corrected chi connectivity index (χ2v) is 6.77. The number of ether oxygens (including phenoxy) is 1. The van der Waals surface area contributed by atoms with Crippen molar-refractivity contribution in [2.75, 3.05) is 34.3 Å². The molecular formula is C22H30N4O3. The van der Waals surface area contributed by atoms with Crippen molar-refractivity contribution in [1.82, 2.24) is 15.5 Å². The van der Waals surface area contributed by atoms with E-state index in [1.165, 1.54) is 0 Å². The van der Waals surface area contributed by atoms with Gasteiger partial charge in [-0.25, -0.2) is 4.99 Å². The monoisotopic (exact) mass is 398 g/mol. The highest BCUT2D eigenvalue weighted by Crippen LogP contribution is 2.23. The highest BCUT2D eigenvalue weighted by Gasteiger charge is 2.08. The Kier molecular flexibility index (Phi) is 8.33. The molecule has 0 heterocycles. The van der Waals surface area contributed by atoms with Crippen molar-refractivity contribution in [3.63, 3.8) is 0 Å². The minimum absolute atomic E-state index is 0.00666. The van der Waals surface area contributed by atoms with Gasteiger partial charge in [-0.1, -0.05) is 12.1 Å². The zero-order valence-electron chi connectivity index (χ0n) is 17.5. The van der Waals surface area contributed by atoms with Gasteiger partial charge in [0.25, 0.3) is 5.91 Å². The molecule has 0 spiro atoms. The SMILES string of the molecule is CCNC(=NCc1cc(OC)ccc1O)NCCc1cccc(C(=O)N(C)C)c1. The Labute approximate surface area is 172 Å². The molecule has 0 aliphatic heterocycles. The molecule has 0 atom stereocenters. The molecule has 156 valence electrons. The number of phenolic OH excluding ortho intramolecular Hbond substituents is 1. The van der Waals surface area contributed by atoms with Gasteiger partial charge in [-0.05, 0) is 49.2 Å². The van der Waals surface area contributed by atoms with E-state index < -0.39 is 0 Å². The lowest BCUT2D eigenvalue weighted by Crippen LogP contribution is -2.38. The van der Waals surface area contributed by atoms with Crippen LogP contribution < -0.4 is 15.4 Å². The van der Waals surface area contributed by atoms with Gasteiger partial charge in [0.1, 0.15) is 11.5 Å². The van der Waals surface area contributed by atoms with Gasteiger partial charge in [0.05, 0.1) is 13.7 Å². The van der Waals surface area contributed by atoms with Crippen LogP contribution in [0.5, 0.6) is 11.5 Å². The first kappa shape index (κ1) is 22.1. The summed E-state index contributed by atoms with van der Waals surface area (Å²) in [5.41, 5.74) is 2.45. The van der Waals surface area contributed by atoms with Crippen molar-refractivity contribution >= 4 is 11.9 Å². The van der Waals surface area contributed by atoms with Crippen molar-refractivity contribution in [3.05, 3.63) is 59.2 Å². The minimum Gasteiger partial charge on any atom is -0.508 e. The van der Waals surface area contributed by atoms with Crippen LogP contribution in [0.15, 0.2) is 47.5 Å². The van der Waals surface area contributed by atoms with Crippen LogP contribution in [0.25, 0.3) is 0 Å². The highest BCUT2D eigenvalue weighted by atomic mass is 16.5. The molecule has 7 nitrogen and oxygen atoms in total. The molecule has 1 amide bonds. The standard InChI is InChI=1S/C22H30N4O3/c1-5-23-22(25-15-18-14-19(29-4)9-10-20(18)27)24-12-11-16-7-6-8-17(13-16)21(28)26(2)3/h6-10,13-14,27H,5,11-12,15H2,1-4H3,(H2,23,24,25). The molecule has 7 heteroatoms. The van der Waals surface area contributed by atoms with Gasteiger partial charge >= 0.3 is 0 Å². The molecule has 2 aromatic rings. The lowest BCUT2D eigenvalue weighted by Gasteiger charge is -2.13. The molecule has 0 bridgehead atoms. The van der Waals surface area contributed by atoms with Crippen LogP contribution in [0.3, 0.4) is 0 Å². The quantitative estimate of drug-likeness (QED) is 0.470. The molecule has 0 radical (unpaired) electrons. The number of aromatic hydroxyl groups is 1. The molecular weight excluding hydrogens is 368 g/mol. The van der Waals surface area contributed by atoms with Gasteiger partial charge < -0.3 is 25.4 Å². The van der Waals surface area contributed by atoms with Gasteiger partial charge in [-0.15, -0.1) is 0 Å². The van der Waals surface area contributed by atoms with Gasteiger partial charge in [-0.3, -0.25) is 4.79 Å². The number of aliphatic imine (C=N–C) groups is 1. The summed E-state index contributed by atoms with van der Waals surface area (Å²) in [4.78, 5) is 18.2. The number of carbonyl (C=O) groups is 1. The van der Waals surface area contributed by atoms with E-state index in [9.17, 15) is 9.90 Å². The molecule has 2 aromatic carbocycles. The maximum Gasteiger partial charge on any atom is 0.253 e. The molecule has 0 aromatic heterocycles. The number of nitrogens with zero attached hydrogens (tertiary/aromatic N) is 2. The van der Waals surface area contributed by atoms with Crippen molar-refractivity contribution in [2.24, 2.45) is 4.99 Å². The Morgan fingerprint density at radius 1 is 1.17 bits per heavy atom. The van der Waals surface area contributed by atoms with E-state index in [1.54, 1.807) is 44.3 Å². The highest BCUT2D eigenvalue weighted by molar-refractivity contribution is 5.94. The van der Waals surface area contributed by atoms with E-state index in [1.807, 2.05) is 31.2 Å². The van der Waals surface area contributed by atoms with Crippen LogP contribution in [-0.4, -0.2) is 56.2 Å². The van der Waals surface area contributed by atoms with Crippen LogP contribution in [0, 0.1) is 0 Å². The normalized spacial score (nSPS) is 11.1. The smallest absolute Gasteiger partial charge is 0.253 e. The van der Waals surface area contributed by atoms with Crippen molar-refractivity contribution in [1.29, 1.82) is 0 Å². The summed E-state index contributed by atoms with van der Waals surface area (Å²) in [6.45, 7) is 3.71. The Morgan fingerprint density at radius 2 is 1.97 bits per heavy atom. The van der Waals surface area contributed by atoms with E-state index in [0.717, 1.165) is 18.5 Å². The number of methoxy groups -OCH3 is 1. The summed E-state index contributed by atoms with van der Waals surface area (Å²) >= 11 is 0. The molecule has 0 aliphatic rings.